The molecule has 2 aromatic rings. The molecule has 1 fully saturated rings. The highest BCUT2D eigenvalue weighted by atomic mass is 16.5. The lowest BCUT2D eigenvalue weighted by atomic mass is 9.97. The number of nitrogens with zero attached hydrogens (tertiary/aromatic N) is 2. The predicted octanol–water partition coefficient (Wildman–Crippen LogP) is 2.71. The first-order valence-electron chi connectivity index (χ1n) is 7.46. The van der Waals surface area contributed by atoms with E-state index in [2.05, 4.69) is 4.57 Å². The molecule has 0 N–H and O–H groups in total. The van der Waals surface area contributed by atoms with E-state index in [1.165, 1.54) is 0 Å². The summed E-state index contributed by atoms with van der Waals surface area (Å²) in [5.41, 5.74) is 0.949. The van der Waals surface area contributed by atoms with Gasteiger partial charge in [-0.3, -0.25) is 4.79 Å². The molecule has 1 saturated heterocycles. The standard InChI is InChI=1S/C17H18N2O2/c1-17(16(20)18-10-4-5-11-18)15-9-6-12-19(15)13-7-2-3-8-14(13)21-17/h2-3,6-9,12H,4-5,10-11H2,1H3. The number of likely N-dealkylation sites (tertiary alicyclic amines) is 1. The van der Waals surface area contributed by atoms with E-state index in [0.29, 0.717) is 0 Å². The molecule has 1 aromatic carbocycles. The molecular formula is C17H18N2O2. The second-order valence-electron chi connectivity index (χ2n) is 5.87. The molecule has 1 amide bonds. The molecule has 1 aromatic heterocycles. The second-order valence-corrected chi connectivity index (χ2v) is 5.87. The van der Waals surface area contributed by atoms with Crippen LogP contribution in [0.15, 0.2) is 42.6 Å². The van der Waals surface area contributed by atoms with Crippen LogP contribution in [0.1, 0.15) is 25.5 Å². The van der Waals surface area contributed by atoms with Crippen LogP contribution in [-0.4, -0.2) is 28.5 Å². The first-order chi connectivity index (χ1) is 10.2. The van der Waals surface area contributed by atoms with Crippen molar-refractivity contribution in [1.29, 1.82) is 0 Å². The Bertz CT molecular complexity index is 700. The molecule has 0 bridgehead atoms. The van der Waals surface area contributed by atoms with Crippen molar-refractivity contribution in [2.75, 3.05) is 13.1 Å². The van der Waals surface area contributed by atoms with Gasteiger partial charge >= 0.3 is 0 Å². The molecule has 2 aliphatic heterocycles. The van der Waals surface area contributed by atoms with Crippen molar-refractivity contribution in [2.24, 2.45) is 0 Å². The van der Waals surface area contributed by atoms with Crippen molar-refractivity contribution in [3.63, 3.8) is 0 Å². The van der Waals surface area contributed by atoms with Crippen molar-refractivity contribution < 1.29 is 9.53 Å². The van der Waals surface area contributed by atoms with E-state index in [-0.39, 0.29) is 5.91 Å². The normalized spacial score (nSPS) is 23.4. The van der Waals surface area contributed by atoms with Crippen LogP contribution in [0, 0.1) is 0 Å². The topological polar surface area (TPSA) is 34.5 Å². The van der Waals surface area contributed by atoms with E-state index in [1.54, 1.807) is 0 Å². The molecule has 21 heavy (non-hydrogen) atoms. The van der Waals surface area contributed by atoms with Gasteiger partial charge in [0.25, 0.3) is 5.91 Å². The van der Waals surface area contributed by atoms with Gasteiger partial charge in [-0.2, -0.15) is 0 Å². The average molecular weight is 282 g/mol. The lowest BCUT2D eigenvalue weighted by Crippen LogP contribution is -2.50. The summed E-state index contributed by atoms with van der Waals surface area (Å²) in [6.45, 7) is 3.55. The quantitative estimate of drug-likeness (QED) is 0.806. The summed E-state index contributed by atoms with van der Waals surface area (Å²) < 4.78 is 8.23. The molecule has 0 aliphatic carbocycles. The summed E-state index contributed by atoms with van der Waals surface area (Å²) in [5.74, 6) is 0.825. The molecule has 108 valence electrons. The van der Waals surface area contributed by atoms with Crippen LogP contribution < -0.4 is 4.74 Å². The van der Waals surface area contributed by atoms with Gasteiger partial charge in [0.15, 0.2) is 0 Å². The number of hydrogen-bond donors (Lipinski definition) is 0. The number of aromatic nitrogens is 1. The average Bonchev–Trinajstić information content (AvgIpc) is 3.18. The smallest absolute Gasteiger partial charge is 0.272 e. The van der Waals surface area contributed by atoms with Crippen LogP contribution >= 0.6 is 0 Å². The number of para-hydroxylation sites is 2. The molecule has 0 saturated carbocycles. The molecule has 0 radical (unpaired) electrons. The number of hydrogen-bond acceptors (Lipinski definition) is 2. The zero-order valence-electron chi connectivity index (χ0n) is 12.1. The van der Waals surface area contributed by atoms with Crippen molar-refractivity contribution in [2.45, 2.75) is 25.4 Å². The Morgan fingerprint density at radius 3 is 2.71 bits per heavy atom. The van der Waals surface area contributed by atoms with Crippen molar-refractivity contribution in [3.8, 4) is 11.4 Å². The van der Waals surface area contributed by atoms with Crippen LogP contribution in [0.5, 0.6) is 5.75 Å². The molecule has 3 heterocycles. The van der Waals surface area contributed by atoms with Crippen LogP contribution in [0.4, 0.5) is 0 Å². The minimum atomic E-state index is -0.942. The molecular weight excluding hydrogens is 264 g/mol. The van der Waals surface area contributed by atoms with Gasteiger partial charge in [-0.1, -0.05) is 12.1 Å². The Balaban J connectivity index is 1.83. The Kier molecular flexibility index (Phi) is 2.61. The number of fused-ring (bicyclic) bond motifs is 3. The Labute approximate surface area is 123 Å². The SMILES string of the molecule is CC1(C(=O)N2CCCC2)Oc2ccccc2-n2cccc21. The monoisotopic (exact) mass is 282 g/mol. The molecule has 2 aliphatic rings. The highest BCUT2D eigenvalue weighted by Crippen LogP contribution is 2.40. The fourth-order valence-electron chi connectivity index (χ4n) is 3.37. The summed E-state index contributed by atoms with van der Waals surface area (Å²) in [6.07, 6.45) is 4.16. The Hall–Kier alpha value is -2.23. The van der Waals surface area contributed by atoms with Crippen LogP contribution in [-0.2, 0) is 10.4 Å². The molecule has 4 heteroatoms. The summed E-state index contributed by atoms with van der Waals surface area (Å²) >= 11 is 0. The Morgan fingerprint density at radius 2 is 1.90 bits per heavy atom. The largest absolute Gasteiger partial charge is 0.469 e. The van der Waals surface area contributed by atoms with Gasteiger partial charge in [0.05, 0.1) is 11.4 Å². The van der Waals surface area contributed by atoms with Gasteiger partial charge < -0.3 is 14.2 Å². The van der Waals surface area contributed by atoms with Gasteiger partial charge in [0.1, 0.15) is 5.75 Å². The van der Waals surface area contributed by atoms with E-state index >= 15 is 0 Å². The lowest BCUT2D eigenvalue weighted by molar-refractivity contribution is -0.147. The van der Waals surface area contributed by atoms with Crippen LogP contribution in [0.3, 0.4) is 0 Å². The molecule has 0 spiro atoms. The fraction of sp³-hybridized carbons (Fsp3) is 0.353. The number of carbonyl (C=O) groups is 1. The molecule has 1 unspecified atom stereocenters. The number of carbonyl (C=O) groups excluding carboxylic acids is 1. The van der Waals surface area contributed by atoms with Crippen molar-refractivity contribution in [3.05, 3.63) is 48.3 Å². The van der Waals surface area contributed by atoms with Gasteiger partial charge in [-0.25, -0.2) is 0 Å². The Morgan fingerprint density at radius 1 is 1.14 bits per heavy atom. The fourth-order valence-corrected chi connectivity index (χ4v) is 3.37. The highest BCUT2D eigenvalue weighted by molar-refractivity contribution is 5.87. The van der Waals surface area contributed by atoms with Gasteiger partial charge in [0.2, 0.25) is 5.60 Å². The van der Waals surface area contributed by atoms with Gasteiger partial charge in [0, 0.05) is 19.3 Å². The van der Waals surface area contributed by atoms with Crippen LogP contribution in [0.2, 0.25) is 0 Å². The highest BCUT2D eigenvalue weighted by Gasteiger charge is 2.46. The van der Waals surface area contributed by atoms with E-state index in [1.807, 2.05) is 54.4 Å². The maximum absolute atomic E-state index is 13.0. The van der Waals surface area contributed by atoms with Crippen molar-refractivity contribution >= 4 is 5.91 Å². The summed E-state index contributed by atoms with van der Waals surface area (Å²) in [5, 5.41) is 0. The summed E-state index contributed by atoms with van der Waals surface area (Å²) in [6, 6.07) is 11.8. The van der Waals surface area contributed by atoms with Gasteiger partial charge in [-0.15, -0.1) is 0 Å². The number of ether oxygens (including phenoxy) is 1. The maximum Gasteiger partial charge on any atom is 0.272 e. The third kappa shape index (κ3) is 1.71. The second kappa shape index (κ2) is 4.38. The van der Waals surface area contributed by atoms with E-state index < -0.39 is 5.60 Å². The van der Waals surface area contributed by atoms with E-state index in [9.17, 15) is 4.79 Å². The lowest BCUT2D eigenvalue weighted by Gasteiger charge is -2.37. The third-order valence-corrected chi connectivity index (χ3v) is 4.48. The zero-order chi connectivity index (χ0) is 14.4. The molecule has 4 nitrogen and oxygen atoms in total. The van der Waals surface area contributed by atoms with E-state index in [4.69, 9.17) is 4.74 Å². The minimum Gasteiger partial charge on any atom is -0.469 e. The van der Waals surface area contributed by atoms with Crippen molar-refractivity contribution in [1.82, 2.24) is 9.47 Å². The third-order valence-electron chi connectivity index (χ3n) is 4.48. The number of benzene rings is 1. The molecule has 4 rings (SSSR count). The summed E-state index contributed by atoms with van der Waals surface area (Å²) in [4.78, 5) is 14.9. The molecule has 1 atom stereocenters. The first kappa shape index (κ1) is 12.5. The number of rotatable bonds is 1. The predicted molar refractivity (Wildman–Crippen MR) is 79.6 cm³/mol. The zero-order valence-corrected chi connectivity index (χ0v) is 12.1. The van der Waals surface area contributed by atoms with Gasteiger partial charge in [-0.05, 0) is 44.0 Å². The minimum absolute atomic E-state index is 0.0643. The maximum atomic E-state index is 13.0. The summed E-state index contributed by atoms with van der Waals surface area (Å²) in [7, 11) is 0. The number of amides is 1. The van der Waals surface area contributed by atoms with E-state index in [0.717, 1.165) is 43.1 Å². The first-order valence-corrected chi connectivity index (χ1v) is 7.46. The van der Waals surface area contributed by atoms with Crippen LogP contribution in [0.25, 0.3) is 5.69 Å².